The molecule has 0 saturated heterocycles. The molecule has 4 rings (SSSR count). The number of para-hydroxylation sites is 1. The van der Waals surface area contributed by atoms with Gasteiger partial charge >= 0.3 is 5.97 Å². The SMILES string of the molecule is CC(=O)c1ccccc1NC(=O)COC(=O)C1(c2ccc3c(c2)OCCO3)CCCC1. The maximum Gasteiger partial charge on any atom is 0.317 e. The van der Waals surface area contributed by atoms with Gasteiger partial charge < -0.3 is 19.5 Å². The largest absolute Gasteiger partial charge is 0.486 e. The summed E-state index contributed by atoms with van der Waals surface area (Å²) in [5, 5.41) is 2.66. The minimum atomic E-state index is -0.798. The van der Waals surface area contributed by atoms with Gasteiger partial charge in [0.1, 0.15) is 13.2 Å². The normalized spacial score (nSPS) is 16.4. The minimum Gasteiger partial charge on any atom is -0.486 e. The van der Waals surface area contributed by atoms with Crippen LogP contribution in [0.5, 0.6) is 11.5 Å². The van der Waals surface area contributed by atoms with Crippen LogP contribution in [0.1, 0.15) is 48.5 Å². The number of nitrogens with one attached hydrogen (secondary N) is 1. The molecule has 2 aromatic carbocycles. The highest BCUT2D eigenvalue weighted by atomic mass is 16.6. The van der Waals surface area contributed by atoms with Crippen LogP contribution in [-0.2, 0) is 19.7 Å². The number of anilines is 1. The molecule has 162 valence electrons. The number of hydrogen-bond acceptors (Lipinski definition) is 6. The number of rotatable bonds is 6. The lowest BCUT2D eigenvalue weighted by Gasteiger charge is -2.28. The van der Waals surface area contributed by atoms with Crippen molar-refractivity contribution in [2.24, 2.45) is 0 Å². The van der Waals surface area contributed by atoms with Crippen LogP contribution < -0.4 is 14.8 Å². The molecule has 0 radical (unpaired) electrons. The van der Waals surface area contributed by atoms with Gasteiger partial charge in [-0.3, -0.25) is 14.4 Å². The van der Waals surface area contributed by atoms with Gasteiger partial charge in [0, 0.05) is 5.56 Å². The zero-order valence-electron chi connectivity index (χ0n) is 17.4. The Morgan fingerprint density at radius 1 is 1.00 bits per heavy atom. The summed E-state index contributed by atoms with van der Waals surface area (Å²) in [7, 11) is 0. The number of carbonyl (C=O) groups excluding carboxylic acids is 3. The number of amides is 1. The third-order valence-corrected chi connectivity index (χ3v) is 5.86. The van der Waals surface area contributed by atoms with E-state index in [2.05, 4.69) is 5.32 Å². The molecule has 31 heavy (non-hydrogen) atoms. The first kappa shape index (κ1) is 20.9. The summed E-state index contributed by atoms with van der Waals surface area (Å²) < 4.78 is 16.7. The Hall–Kier alpha value is -3.35. The van der Waals surface area contributed by atoms with Gasteiger partial charge in [-0.25, -0.2) is 0 Å². The Kier molecular flexibility index (Phi) is 5.93. The Balaban J connectivity index is 1.46. The quantitative estimate of drug-likeness (QED) is 0.563. The number of ether oxygens (including phenoxy) is 3. The van der Waals surface area contributed by atoms with Gasteiger partial charge in [-0.05, 0) is 49.6 Å². The molecule has 1 amide bonds. The van der Waals surface area contributed by atoms with Crippen LogP contribution in [0.2, 0.25) is 0 Å². The fourth-order valence-corrected chi connectivity index (χ4v) is 4.28. The van der Waals surface area contributed by atoms with Gasteiger partial charge in [0.2, 0.25) is 0 Å². The van der Waals surface area contributed by atoms with Crippen molar-refractivity contribution in [3.8, 4) is 11.5 Å². The van der Waals surface area contributed by atoms with E-state index in [-0.39, 0.29) is 5.78 Å². The lowest BCUT2D eigenvalue weighted by Crippen LogP contribution is -2.36. The van der Waals surface area contributed by atoms with Crippen LogP contribution in [0, 0.1) is 0 Å². The molecule has 2 aromatic rings. The lowest BCUT2D eigenvalue weighted by molar-refractivity contribution is -0.153. The molecule has 1 fully saturated rings. The van der Waals surface area contributed by atoms with Gasteiger partial charge in [-0.15, -0.1) is 0 Å². The van der Waals surface area contributed by atoms with Crippen molar-refractivity contribution in [2.45, 2.75) is 38.0 Å². The second-order valence-corrected chi connectivity index (χ2v) is 7.87. The second-order valence-electron chi connectivity index (χ2n) is 7.87. The predicted octanol–water partition coefficient (Wildman–Crippen LogP) is 3.65. The molecule has 0 bridgehead atoms. The van der Waals surface area contributed by atoms with Crippen molar-refractivity contribution in [1.29, 1.82) is 0 Å². The Morgan fingerprint density at radius 3 is 2.45 bits per heavy atom. The second kappa shape index (κ2) is 8.79. The summed E-state index contributed by atoms with van der Waals surface area (Å²) in [6, 6.07) is 12.3. The van der Waals surface area contributed by atoms with Crippen LogP contribution in [-0.4, -0.2) is 37.5 Å². The van der Waals surface area contributed by atoms with Crippen LogP contribution >= 0.6 is 0 Å². The number of benzene rings is 2. The summed E-state index contributed by atoms with van der Waals surface area (Å²) in [6.45, 7) is 1.98. The standard InChI is InChI=1S/C24H25NO6/c1-16(26)18-6-2-3-7-19(18)25-22(27)15-31-23(28)24(10-4-5-11-24)17-8-9-20-21(14-17)30-13-12-29-20/h2-3,6-9,14H,4-5,10-13,15H2,1H3,(H,25,27). The average molecular weight is 423 g/mol. The number of carbonyl (C=O) groups is 3. The molecule has 0 atom stereocenters. The molecule has 1 saturated carbocycles. The van der Waals surface area contributed by atoms with Crippen molar-refractivity contribution in [2.75, 3.05) is 25.1 Å². The van der Waals surface area contributed by atoms with Gasteiger partial charge in [0.25, 0.3) is 5.91 Å². The first-order chi connectivity index (χ1) is 15.0. The number of hydrogen-bond donors (Lipinski definition) is 1. The summed E-state index contributed by atoms with van der Waals surface area (Å²) in [5.41, 5.74) is 0.832. The molecule has 1 aliphatic heterocycles. The van der Waals surface area contributed by atoms with Gasteiger partial charge in [0.15, 0.2) is 23.9 Å². The van der Waals surface area contributed by atoms with E-state index in [0.29, 0.717) is 48.8 Å². The fourth-order valence-electron chi connectivity index (χ4n) is 4.28. The van der Waals surface area contributed by atoms with Crippen LogP contribution in [0.25, 0.3) is 0 Å². The average Bonchev–Trinajstić information content (AvgIpc) is 3.28. The monoisotopic (exact) mass is 423 g/mol. The third-order valence-electron chi connectivity index (χ3n) is 5.86. The minimum absolute atomic E-state index is 0.156. The van der Waals surface area contributed by atoms with Gasteiger partial charge in [-0.1, -0.05) is 31.0 Å². The van der Waals surface area contributed by atoms with Crippen molar-refractivity contribution in [3.63, 3.8) is 0 Å². The van der Waals surface area contributed by atoms with Crippen molar-refractivity contribution in [3.05, 3.63) is 53.6 Å². The van der Waals surface area contributed by atoms with E-state index in [0.717, 1.165) is 18.4 Å². The van der Waals surface area contributed by atoms with Crippen molar-refractivity contribution in [1.82, 2.24) is 0 Å². The third kappa shape index (κ3) is 4.26. The van der Waals surface area contributed by atoms with Gasteiger partial charge in [-0.2, -0.15) is 0 Å². The highest BCUT2D eigenvalue weighted by molar-refractivity contribution is 6.04. The first-order valence-electron chi connectivity index (χ1n) is 10.5. The highest BCUT2D eigenvalue weighted by Gasteiger charge is 2.45. The molecule has 1 aliphatic carbocycles. The summed E-state index contributed by atoms with van der Waals surface area (Å²) >= 11 is 0. The first-order valence-corrected chi connectivity index (χ1v) is 10.5. The maximum absolute atomic E-state index is 13.1. The van der Waals surface area contributed by atoms with Crippen molar-refractivity contribution >= 4 is 23.3 Å². The number of ketones is 1. The maximum atomic E-state index is 13.1. The van der Waals surface area contributed by atoms with Crippen molar-refractivity contribution < 1.29 is 28.6 Å². The van der Waals surface area contributed by atoms with E-state index in [1.54, 1.807) is 24.3 Å². The highest BCUT2D eigenvalue weighted by Crippen LogP contribution is 2.45. The Bertz CT molecular complexity index is 1010. The van der Waals surface area contributed by atoms with E-state index < -0.39 is 23.9 Å². The zero-order valence-corrected chi connectivity index (χ0v) is 17.4. The number of esters is 1. The van der Waals surface area contributed by atoms with E-state index in [9.17, 15) is 14.4 Å². The number of Topliss-reactive ketones (excluding diaryl/α,β-unsaturated/α-hetero) is 1. The summed E-state index contributed by atoms with van der Waals surface area (Å²) in [5.74, 6) is 0.229. The fraction of sp³-hybridized carbons (Fsp3) is 0.375. The molecule has 1 heterocycles. The van der Waals surface area contributed by atoms with E-state index in [1.165, 1.54) is 6.92 Å². The molecule has 0 unspecified atom stereocenters. The molecule has 1 N–H and O–H groups in total. The topological polar surface area (TPSA) is 90.9 Å². The smallest absolute Gasteiger partial charge is 0.317 e. The van der Waals surface area contributed by atoms with Crippen LogP contribution in [0.15, 0.2) is 42.5 Å². The summed E-state index contributed by atoms with van der Waals surface area (Å²) in [6.07, 6.45) is 3.12. The predicted molar refractivity (Wildman–Crippen MR) is 114 cm³/mol. The van der Waals surface area contributed by atoms with Crippen LogP contribution in [0.3, 0.4) is 0 Å². The molecular formula is C24H25NO6. The molecule has 2 aliphatic rings. The zero-order chi connectivity index (χ0) is 21.8. The molecular weight excluding hydrogens is 398 g/mol. The van der Waals surface area contributed by atoms with Gasteiger partial charge in [0.05, 0.1) is 11.1 Å². The molecule has 7 heteroatoms. The molecule has 0 aromatic heterocycles. The Morgan fingerprint density at radius 2 is 1.71 bits per heavy atom. The lowest BCUT2D eigenvalue weighted by atomic mass is 9.78. The van der Waals surface area contributed by atoms with E-state index in [1.807, 2.05) is 18.2 Å². The van der Waals surface area contributed by atoms with Crippen LogP contribution in [0.4, 0.5) is 5.69 Å². The summed E-state index contributed by atoms with van der Waals surface area (Å²) in [4.78, 5) is 37.3. The van der Waals surface area contributed by atoms with E-state index >= 15 is 0 Å². The number of fused-ring (bicyclic) bond motifs is 1. The molecule has 0 spiro atoms. The Labute approximate surface area is 180 Å². The molecule has 7 nitrogen and oxygen atoms in total. The van der Waals surface area contributed by atoms with E-state index in [4.69, 9.17) is 14.2 Å².